The number of nitrogens with zero attached hydrogens (tertiary/aromatic N) is 4. The van der Waals surface area contributed by atoms with Crippen LogP contribution >= 0.6 is 0 Å². The van der Waals surface area contributed by atoms with Crippen LogP contribution < -0.4 is 9.68 Å². The van der Waals surface area contributed by atoms with Crippen LogP contribution in [0.3, 0.4) is 0 Å². The molecular formula is C46H30N4O4. The lowest BCUT2D eigenvalue weighted by atomic mass is 9.96. The van der Waals surface area contributed by atoms with E-state index in [2.05, 4.69) is 0 Å². The molecule has 0 radical (unpaired) electrons. The molecule has 0 saturated carbocycles. The number of hydrogen-bond acceptors (Lipinski definition) is 6. The fourth-order valence-corrected chi connectivity index (χ4v) is 6.63. The van der Waals surface area contributed by atoms with Crippen molar-refractivity contribution in [3.05, 3.63) is 192 Å². The monoisotopic (exact) mass is 702 g/mol. The Labute approximate surface area is 310 Å². The predicted octanol–water partition coefficient (Wildman–Crippen LogP) is 9.47. The molecule has 0 saturated heterocycles. The van der Waals surface area contributed by atoms with E-state index in [0.717, 1.165) is 22.3 Å². The third kappa shape index (κ3) is 6.29. The van der Waals surface area contributed by atoms with E-state index in [9.17, 15) is 9.59 Å². The first-order valence-corrected chi connectivity index (χ1v) is 17.4. The molecule has 8 bridgehead atoms. The van der Waals surface area contributed by atoms with Crippen LogP contribution in [0.5, 0.6) is 0 Å². The zero-order valence-corrected chi connectivity index (χ0v) is 28.7. The summed E-state index contributed by atoms with van der Waals surface area (Å²) in [4.78, 5) is 49.4. The third-order valence-electron chi connectivity index (χ3n) is 9.11. The first kappa shape index (κ1) is 32.3. The van der Waals surface area contributed by atoms with Gasteiger partial charge in [0.15, 0.2) is 0 Å². The minimum absolute atomic E-state index is 0.411. The van der Waals surface area contributed by atoms with Crippen LogP contribution in [0.1, 0.15) is 43.5 Å². The highest BCUT2D eigenvalue weighted by molar-refractivity contribution is 6.04. The fourth-order valence-electron chi connectivity index (χ4n) is 6.63. The first-order chi connectivity index (χ1) is 26.6. The summed E-state index contributed by atoms with van der Waals surface area (Å²) in [7, 11) is 0. The van der Waals surface area contributed by atoms with Crippen LogP contribution in [0.15, 0.2) is 158 Å². The zero-order valence-electron chi connectivity index (χ0n) is 28.7. The Kier molecular flexibility index (Phi) is 8.30. The van der Waals surface area contributed by atoms with Crippen molar-refractivity contribution in [2.24, 2.45) is 0 Å². The van der Waals surface area contributed by atoms with Gasteiger partial charge in [-0.25, -0.2) is 19.6 Å². The smallest absolute Gasteiger partial charge is 0.330 e. The standard InChI is InChI=1S/C46H30N4O4/c51-45(33-17-9-3-10-18-33)53-49-39-25-26-40(49)28-36-22-24-38(48-36)30-42-44(32-15-7-2-8-16-32)43(31-13-5-1-6-14-31)41(29-37-23-21-35(27-39)47-37)50(42)54-46(52)34-19-11-4-12-20-34/h1-30H. The Balaban J connectivity index is 1.37. The summed E-state index contributed by atoms with van der Waals surface area (Å²) in [5.41, 5.74) is 9.41. The average molecular weight is 703 g/mol. The number of aromatic nitrogens is 4. The molecule has 3 aromatic heterocycles. The molecule has 5 heterocycles. The lowest BCUT2D eigenvalue weighted by molar-refractivity contribution is 0.0492. The summed E-state index contributed by atoms with van der Waals surface area (Å²) in [6, 6.07) is 49.2. The van der Waals surface area contributed by atoms with E-state index in [0.29, 0.717) is 56.0 Å². The van der Waals surface area contributed by atoms with Crippen molar-refractivity contribution < 1.29 is 19.3 Å². The van der Waals surface area contributed by atoms with Gasteiger partial charge < -0.3 is 9.68 Å². The molecule has 8 heteroatoms. The molecule has 2 aliphatic rings. The van der Waals surface area contributed by atoms with Gasteiger partial charge >= 0.3 is 11.9 Å². The van der Waals surface area contributed by atoms with Crippen LogP contribution in [-0.2, 0) is 0 Å². The summed E-state index contributed by atoms with van der Waals surface area (Å²) in [6.07, 6.45) is 7.60. The van der Waals surface area contributed by atoms with Gasteiger partial charge in [-0.05, 0) is 96.1 Å². The zero-order chi connectivity index (χ0) is 36.4. The van der Waals surface area contributed by atoms with Gasteiger partial charge in [0.2, 0.25) is 0 Å². The number of carbonyl (C=O) groups is 2. The molecule has 0 N–H and O–H groups in total. The summed E-state index contributed by atoms with van der Waals surface area (Å²) in [6.45, 7) is 0. The summed E-state index contributed by atoms with van der Waals surface area (Å²) in [5.74, 6) is -1.01. The Morgan fingerprint density at radius 3 is 1.17 bits per heavy atom. The number of hydrogen-bond donors (Lipinski definition) is 0. The van der Waals surface area contributed by atoms with Crippen molar-refractivity contribution in [1.82, 2.24) is 19.4 Å². The van der Waals surface area contributed by atoms with E-state index in [1.807, 2.05) is 133 Å². The van der Waals surface area contributed by atoms with Crippen LogP contribution in [0.25, 0.3) is 68.6 Å². The van der Waals surface area contributed by atoms with E-state index in [1.54, 1.807) is 53.3 Å². The van der Waals surface area contributed by atoms with Crippen molar-refractivity contribution in [1.29, 1.82) is 0 Å². The summed E-state index contributed by atoms with van der Waals surface area (Å²) < 4.78 is 3.10. The Morgan fingerprint density at radius 2 is 0.759 bits per heavy atom. The van der Waals surface area contributed by atoms with Gasteiger partial charge in [0.1, 0.15) is 0 Å². The quantitative estimate of drug-likeness (QED) is 0.172. The minimum Gasteiger partial charge on any atom is -0.330 e. The van der Waals surface area contributed by atoms with Gasteiger partial charge in [-0.2, -0.15) is 9.46 Å². The maximum Gasteiger partial charge on any atom is 0.363 e. The van der Waals surface area contributed by atoms with Crippen molar-refractivity contribution in [3.63, 3.8) is 0 Å². The molecule has 0 fully saturated rings. The van der Waals surface area contributed by atoms with E-state index < -0.39 is 11.9 Å². The van der Waals surface area contributed by atoms with E-state index in [4.69, 9.17) is 19.6 Å². The second-order valence-corrected chi connectivity index (χ2v) is 12.7. The molecule has 8 nitrogen and oxygen atoms in total. The predicted molar refractivity (Wildman–Crippen MR) is 212 cm³/mol. The number of fused-ring (bicyclic) bond motifs is 8. The Hall–Kier alpha value is -7.58. The molecular weight excluding hydrogens is 673 g/mol. The fraction of sp³-hybridized carbons (Fsp3) is 0. The lowest BCUT2D eigenvalue weighted by Crippen LogP contribution is -2.19. The molecule has 4 aromatic carbocycles. The molecule has 0 spiro atoms. The minimum atomic E-state index is -0.516. The number of carbonyl (C=O) groups excluding carboxylic acids is 2. The van der Waals surface area contributed by atoms with Gasteiger partial charge in [0.05, 0.1) is 56.0 Å². The number of rotatable bonds is 6. The van der Waals surface area contributed by atoms with Gasteiger partial charge in [0, 0.05) is 11.1 Å². The van der Waals surface area contributed by atoms with Crippen LogP contribution in [0.2, 0.25) is 0 Å². The molecule has 258 valence electrons. The maximum absolute atomic E-state index is 13.9. The normalized spacial score (nSPS) is 11.7. The van der Waals surface area contributed by atoms with Crippen molar-refractivity contribution in [3.8, 4) is 22.3 Å². The third-order valence-corrected chi connectivity index (χ3v) is 9.11. The maximum atomic E-state index is 13.9. The molecule has 0 amide bonds. The Morgan fingerprint density at radius 1 is 0.407 bits per heavy atom. The molecule has 2 aliphatic heterocycles. The molecule has 0 atom stereocenters. The molecule has 54 heavy (non-hydrogen) atoms. The van der Waals surface area contributed by atoms with Gasteiger partial charge in [0.25, 0.3) is 0 Å². The van der Waals surface area contributed by atoms with E-state index in [-0.39, 0.29) is 0 Å². The molecule has 7 aromatic rings. The summed E-state index contributed by atoms with van der Waals surface area (Å²) >= 11 is 0. The van der Waals surface area contributed by atoms with Gasteiger partial charge in [-0.15, -0.1) is 0 Å². The highest BCUT2D eigenvalue weighted by atomic mass is 16.7. The Bertz CT molecular complexity index is 2650. The second-order valence-electron chi connectivity index (χ2n) is 12.7. The van der Waals surface area contributed by atoms with Gasteiger partial charge in [-0.1, -0.05) is 97.1 Å². The largest absolute Gasteiger partial charge is 0.363 e. The van der Waals surface area contributed by atoms with Crippen LogP contribution in [0.4, 0.5) is 0 Å². The van der Waals surface area contributed by atoms with Crippen molar-refractivity contribution in [2.75, 3.05) is 0 Å². The SMILES string of the molecule is O=C(On1c2ccc1cc1nc(cc3c(-c4ccccc4)c(-c4ccccc4)c(cc4nc(c2)C=C4)n3OC(=O)c2ccccc2)C=C1)c1ccccc1. The molecule has 0 unspecified atom stereocenters. The number of benzene rings is 4. The van der Waals surface area contributed by atoms with Gasteiger partial charge in [-0.3, -0.25) is 0 Å². The van der Waals surface area contributed by atoms with Crippen molar-refractivity contribution in [2.45, 2.75) is 0 Å². The van der Waals surface area contributed by atoms with E-state index in [1.165, 1.54) is 4.73 Å². The average Bonchev–Trinajstić information content (AvgIpc) is 4.01. The van der Waals surface area contributed by atoms with Crippen LogP contribution in [0, 0.1) is 0 Å². The van der Waals surface area contributed by atoms with Crippen LogP contribution in [-0.4, -0.2) is 31.4 Å². The van der Waals surface area contributed by atoms with E-state index >= 15 is 0 Å². The highest BCUT2D eigenvalue weighted by Crippen LogP contribution is 2.41. The lowest BCUT2D eigenvalue weighted by Gasteiger charge is -2.08. The molecule has 0 aliphatic carbocycles. The first-order valence-electron chi connectivity index (χ1n) is 17.4. The topological polar surface area (TPSA) is 88.2 Å². The van der Waals surface area contributed by atoms with Crippen molar-refractivity contribution >= 4 is 58.3 Å². The molecule has 9 rings (SSSR count). The summed E-state index contributed by atoms with van der Waals surface area (Å²) in [5, 5.41) is 0. The second kappa shape index (κ2) is 13.9. The highest BCUT2D eigenvalue weighted by Gasteiger charge is 2.23.